The molecule has 112 valence electrons. The second-order valence-electron chi connectivity index (χ2n) is 4.61. The molecule has 0 saturated heterocycles. The Hall–Kier alpha value is -1.89. The molecule has 7 heteroatoms. The maximum absolute atomic E-state index is 12.3. The molecule has 0 atom stereocenters. The highest BCUT2D eigenvalue weighted by molar-refractivity contribution is 9.10. The Labute approximate surface area is 132 Å². The fourth-order valence-corrected chi connectivity index (χ4v) is 2.44. The molecule has 1 amide bonds. The first kappa shape index (κ1) is 15.5. The molecule has 0 saturated carbocycles. The molecule has 0 spiro atoms. The number of hydrogen-bond donors (Lipinski definition) is 2. The number of carbonyl (C=O) groups is 1. The molecule has 0 fully saturated rings. The van der Waals surface area contributed by atoms with Crippen molar-refractivity contribution >= 4 is 27.7 Å². The molecule has 2 N–H and O–H groups in total. The van der Waals surface area contributed by atoms with Crippen LogP contribution in [0.25, 0.3) is 0 Å². The lowest BCUT2D eigenvalue weighted by molar-refractivity contribution is 0.0951. The number of aromatic nitrogens is 3. The molecule has 2 heterocycles. The highest BCUT2D eigenvalue weighted by Gasteiger charge is 2.14. The van der Waals surface area contributed by atoms with Crippen molar-refractivity contribution in [2.24, 2.45) is 7.05 Å². The molecule has 2 aromatic heterocycles. The van der Waals surface area contributed by atoms with E-state index in [1.807, 2.05) is 20.2 Å². The number of halogens is 1. The lowest BCUT2D eigenvalue weighted by atomic mass is 10.2. The fourth-order valence-electron chi connectivity index (χ4n) is 2.11. The zero-order valence-electron chi connectivity index (χ0n) is 12.3. The van der Waals surface area contributed by atoms with E-state index >= 15 is 0 Å². The third-order valence-electron chi connectivity index (χ3n) is 3.10. The smallest absolute Gasteiger partial charge is 0.255 e. The Kier molecular flexibility index (Phi) is 4.95. The van der Waals surface area contributed by atoms with Crippen LogP contribution >= 0.6 is 15.9 Å². The first-order valence-electron chi connectivity index (χ1n) is 6.68. The quantitative estimate of drug-likeness (QED) is 0.865. The number of amides is 1. The number of aryl methyl sites for hydroxylation is 2. The third-order valence-corrected chi connectivity index (χ3v) is 3.54. The van der Waals surface area contributed by atoms with E-state index in [9.17, 15) is 4.79 Å². The van der Waals surface area contributed by atoms with Crippen LogP contribution < -0.4 is 10.6 Å². The monoisotopic (exact) mass is 351 g/mol. The molecule has 0 aliphatic rings. The lowest BCUT2D eigenvalue weighted by Crippen LogP contribution is -2.24. The van der Waals surface area contributed by atoms with Crippen LogP contribution in [0.5, 0.6) is 0 Å². The van der Waals surface area contributed by atoms with Crippen LogP contribution in [-0.2, 0) is 20.0 Å². The van der Waals surface area contributed by atoms with Crippen molar-refractivity contribution in [3.63, 3.8) is 0 Å². The van der Waals surface area contributed by atoms with Gasteiger partial charge >= 0.3 is 0 Å². The lowest BCUT2D eigenvalue weighted by Gasteiger charge is -2.09. The predicted molar refractivity (Wildman–Crippen MR) is 85.2 cm³/mol. The summed E-state index contributed by atoms with van der Waals surface area (Å²) >= 11 is 3.33. The number of nitrogens with one attached hydrogen (secondary N) is 2. The van der Waals surface area contributed by atoms with Crippen LogP contribution in [0.15, 0.2) is 22.9 Å². The van der Waals surface area contributed by atoms with Crippen molar-refractivity contribution in [1.82, 2.24) is 20.1 Å². The van der Waals surface area contributed by atoms with Crippen LogP contribution in [0.3, 0.4) is 0 Å². The van der Waals surface area contributed by atoms with E-state index in [2.05, 4.69) is 36.6 Å². The first-order valence-corrected chi connectivity index (χ1v) is 7.47. The average molecular weight is 352 g/mol. The minimum Gasteiger partial charge on any atom is -0.372 e. The molecule has 0 aromatic carbocycles. The highest BCUT2D eigenvalue weighted by Crippen LogP contribution is 2.17. The van der Waals surface area contributed by atoms with Crippen molar-refractivity contribution in [2.45, 2.75) is 19.9 Å². The predicted octanol–water partition coefficient (Wildman–Crippen LogP) is 2.11. The maximum atomic E-state index is 12.3. The average Bonchev–Trinajstić information content (AvgIpc) is 2.84. The number of carbonyl (C=O) groups excluding carboxylic acids is 1. The minimum atomic E-state index is -0.168. The van der Waals surface area contributed by atoms with Gasteiger partial charge in [0.1, 0.15) is 5.82 Å². The van der Waals surface area contributed by atoms with Gasteiger partial charge in [-0.3, -0.25) is 9.48 Å². The topological polar surface area (TPSA) is 71.8 Å². The summed E-state index contributed by atoms with van der Waals surface area (Å²) in [6.07, 6.45) is 4.42. The highest BCUT2D eigenvalue weighted by atomic mass is 79.9. The number of nitrogens with zero attached hydrogens (tertiary/aromatic N) is 3. The third kappa shape index (κ3) is 3.60. The first-order chi connectivity index (χ1) is 10.0. The van der Waals surface area contributed by atoms with Crippen LogP contribution in [0.1, 0.15) is 28.5 Å². The van der Waals surface area contributed by atoms with Gasteiger partial charge in [0, 0.05) is 43.1 Å². The molecule has 2 rings (SSSR count). The van der Waals surface area contributed by atoms with E-state index in [1.54, 1.807) is 24.0 Å². The van der Waals surface area contributed by atoms with Gasteiger partial charge in [0.05, 0.1) is 11.3 Å². The summed E-state index contributed by atoms with van der Waals surface area (Å²) in [4.78, 5) is 16.5. The molecule has 21 heavy (non-hydrogen) atoms. The largest absolute Gasteiger partial charge is 0.372 e. The van der Waals surface area contributed by atoms with Gasteiger partial charge in [-0.25, -0.2) is 4.98 Å². The molecular formula is C14H18BrN5O. The van der Waals surface area contributed by atoms with Gasteiger partial charge < -0.3 is 10.6 Å². The Morgan fingerprint density at radius 3 is 2.90 bits per heavy atom. The standard InChI is InChI=1S/C14H18BrN5O/c1-4-12-9(8-20(3)19-12)6-18-14(21)11-5-10(15)7-17-13(11)16-2/h5,7-8H,4,6H2,1-3H3,(H,16,17)(H,18,21). The van der Waals surface area contributed by atoms with E-state index < -0.39 is 0 Å². The number of rotatable bonds is 5. The van der Waals surface area contributed by atoms with Crippen molar-refractivity contribution in [2.75, 3.05) is 12.4 Å². The Morgan fingerprint density at radius 1 is 1.48 bits per heavy atom. The summed E-state index contributed by atoms with van der Waals surface area (Å²) in [5.41, 5.74) is 2.54. The molecule has 0 aliphatic carbocycles. The van der Waals surface area contributed by atoms with E-state index in [1.165, 1.54) is 0 Å². The zero-order chi connectivity index (χ0) is 15.4. The van der Waals surface area contributed by atoms with E-state index in [4.69, 9.17) is 0 Å². The second kappa shape index (κ2) is 6.71. The number of pyridine rings is 1. The van der Waals surface area contributed by atoms with Gasteiger partial charge in [-0.15, -0.1) is 0 Å². The van der Waals surface area contributed by atoms with E-state index in [-0.39, 0.29) is 5.91 Å². The fraction of sp³-hybridized carbons (Fsp3) is 0.357. The van der Waals surface area contributed by atoms with Crippen LogP contribution in [0, 0.1) is 0 Å². The van der Waals surface area contributed by atoms with Crippen molar-refractivity contribution < 1.29 is 4.79 Å². The summed E-state index contributed by atoms with van der Waals surface area (Å²) in [7, 11) is 3.62. The summed E-state index contributed by atoms with van der Waals surface area (Å²) in [5, 5.41) is 10.2. The van der Waals surface area contributed by atoms with Crippen molar-refractivity contribution in [3.8, 4) is 0 Å². The molecule has 2 aromatic rings. The Balaban J connectivity index is 2.13. The second-order valence-corrected chi connectivity index (χ2v) is 5.53. The van der Waals surface area contributed by atoms with Crippen molar-refractivity contribution in [1.29, 1.82) is 0 Å². The van der Waals surface area contributed by atoms with Gasteiger partial charge in [-0.1, -0.05) is 6.92 Å². The zero-order valence-corrected chi connectivity index (χ0v) is 13.9. The molecule has 6 nitrogen and oxygen atoms in total. The summed E-state index contributed by atoms with van der Waals surface area (Å²) in [6, 6.07) is 1.75. The van der Waals surface area contributed by atoms with Crippen LogP contribution in [-0.4, -0.2) is 27.7 Å². The van der Waals surface area contributed by atoms with E-state index in [0.717, 1.165) is 22.2 Å². The molecule has 0 unspecified atom stereocenters. The Morgan fingerprint density at radius 2 is 2.24 bits per heavy atom. The maximum Gasteiger partial charge on any atom is 0.255 e. The molecular weight excluding hydrogens is 334 g/mol. The summed E-state index contributed by atoms with van der Waals surface area (Å²) < 4.78 is 2.53. The van der Waals surface area contributed by atoms with Gasteiger partial charge in [0.15, 0.2) is 0 Å². The van der Waals surface area contributed by atoms with Gasteiger partial charge in [0.2, 0.25) is 0 Å². The minimum absolute atomic E-state index is 0.168. The Bertz CT molecular complexity index is 653. The normalized spacial score (nSPS) is 10.5. The molecule has 0 radical (unpaired) electrons. The summed E-state index contributed by atoms with van der Waals surface area (Å²) in [5.74, 6) is 0.386. The molecule has 0 bridgehead atoms. The van der Waals surface area contributed by atoms with Crippen molar-refractivity contribution in [3.05, 3.63) is 39.8 Å². The van der Waals surface area contributed by atoms with Gasteiger partial charge in [-0.2, -0.15) is 5.10 Å². The number of hydrogen-bond acceptors (Lipinski definition) is 4. The van der Waals surface area contributed by atoms with Crippen LogP contribution in [0.4, 0.5) is 5.82 Å². The van der Waals surface area contributed by atoms with Crippen LogP contribution in [0.2, 0.25) is 0 Å². The summed E-state index contributed by atoms with van der Waals surface area (Å²) in [6.45, 7) is 2.50. The van der Waals surface area contributed by atoms with Gasteiger partial charge in [-0.05, 0) is 28.4 Å². The number of anilines is 1. The van der Waals surface area contributed by atoms with Gasteiger partial charge in [0.25, 0.3) is 5.91 Å². The molecule has 0 aliphatic heterocycles. The SMILES string of the molecule is CCc1nn(C)cc1CNC(=O)c1cc(Br)cnc1NC. The van der Waals surface area contributed by atoms with E-state index in [0.29, 0.717) is 17.9 Å².